The van der Waals surface area contributed by atoms with Crippen LogP contribution in [-0.2, 0) is 6.61 Å². The number of hydroxylamine groups is 1. The van der Waals surface area contributed by atoms with Crippen LogP contribution in [0.1, 0.15) is 31.8 Å². The van der Waals surface area contributed by atoms with E-state index in [0.29, 0.717) is 45.4 Å². The second-order valence-electron chi connectivity index (χ2n) is 7.04. The van der Waals surface area contributed by atoms with Gasteiger partial charge >= 0.3 is 0 Å². The van der Waals surface area contributed by atoms with Gasteiger partial charge in [-0.2, -0.15) is 0 Å². The van der Waals surface area contributed by atoms with Gasteiger partial charge < -0.3 is 23.7 Å². The van der Waals surface area contributed by atoms with Crippen LogP contribution >= 0.6 is 0 Å². The molecule has 0 spiro atoms. The van der Waals surface area contributed by atoms with E-state index in [9.17, 15) is 9.59 Å². The van der Waals surface area contributed by atoms with E-state index in [4.69, 9.17) is 28.9 Å². The normalized spacial score (nSPS) is 10.3. The summed E-state index contributed by atoms with van der Waals surface area (Å²) in [4.78, 5) is 24.7. The van der Waals surface area contributed by atoms with Crippen LogP contribution < -0.4 is 29.2 Å². The van der Waals surface area contributed by atoms with E-state index in [2.05, 4.69) is 0 Å². The molecule has 0 aliphatic carbocycles. The van der Waals surface area contributed by atoms with Gasteiger partial charge in [-0.3, -0.25) is 14.8 Å². The molecule has 0 saturated heterocycles. The first-order chi connectivity index (χ1) is 16.4. The van der Waals surface area contributed by atoms with Crippen molar-refractivity contribution in [2.75, 3.05) is 28.4 Å². The second-order valence-corrected chi connectivity index (χ2v) is 7.04. The molecule has 3 rings (SSSR count). The molecule has 9 heteroatoms. The van der Waals surface area contributed by atoms with Gasteiger partial charge in [0, 0.05) is 16.7 Å². The molecule has 34 heavy (non-hydrogen) atoms. The Bertz CT molecular complexity index is 1150. The Kier molecular flexibility index (Phi) is 7.94. The zero-order valence-corrected chi connectivity index (χ0v) is 19.2. The quantitative estimate of drug-likeness (QED) is 0.264. The number of carbonyl (C=O) groups is 2. The molecule has 0 bridgehead atoms. The lowest BCUT2D eigenvalue weighted by Crippen LogP contribution is -2.18. The topological polar surface area (TPSA) is 113 Å². The number of rotatable bonds is 10. The number of benzene rings is 3. The number of nitrogens with one attached hydrogen (secondary N) is 1. The SMILES string of the molecule is COc1ccc(C(=O)c2cc(OC)c(OC)c(OC)c2)cc1OCc1ccc(C(=O)NO)cc1. The molecule has 3 aromatic carbocycles. The van der Waals surface area contributed by atoms with Gasteiger partial charge in [-0.1, -0.05) is 12.1 Å². The molecular formula is C25H25NO8. The van der Waals surface area contributed by atoms with Crippen molar-refractivity contribution in [3.05, 3.63) is 76.9 Å². The molecule has 0 unspecified atom stereocenters. The second kappa shape index (κ2) is 11.1. The van der Waals surface area contributed by atoms with Crippen LogP contribution in [0.3, 0.4) is 0 Å². The van der Waals surface area contributed by atoms with Crippen LogP contribution in [0.15, 0.2) is 54.6 Å². The molecule has 0 heterocycles. The molecule has 2 N–H and O–H groups in total. The fourth-order valence-electron chi connectivity index (χ4n) is 3.29. The highest BCUT2D eigenvalue weighted by Crippen LogP contribution is 2.39. The lowest BCUT2D eigenvalue weighted by molar-refractivity contribution is 0.0706. The van der Waals surface area contributed by atoms with E-state index in [1.165, 1.54) is 28.4 Å². The van der Waals surface area contributed by atoms with Crippen molar-refractivity contribution in [1.29, 1.82) is 0 Å². The first-order valence-corrected chi connectivity index (χ1v) is 10.1. The van der Waals surface area contributed by atoms with Crippen molar-refractivity contribution in [3.8, 4) is 28.7 Å². The molecule has 0 atom stereocenters. The maximum absolute atomic E-state index is 13.2. The molecule has 0 aliphatic rings. The summed E-state index contributed by atoms with van der Waals surface area (Å²) in [5.41, 5.74) is 3.39. The van der Waals surface area contributed by atoms with Crippen molar-refractivity contribution in [2.24, 2.45) is 0 Å². The van der Waals surface area contributed by atoms with Gasteiger partial charge in [-0.15, -0.1) is 0 Å². The van der Waals surface area contributed by atoms with Crippen LogP contribution in [0.5, 0.6) is 28.7 Å². The van der Waals surface area contributed by atoms with Crippen LogP contribution in [0.4, 0.5) is 0 Å². The summed E-state index contributed by atoms with van der Waals surface area (Å²) in [5.74, 6) is 1.08. The van der Waals surface area contributed by atoms with Crippen LogP contribution in [0, 0.1) is 0 Å². The van der Waals surface area contributed by atoms with Crippen LogP contribution in [0.25, 0.3) is 0 Å². The van der Waals surface area contributed by atoms with Gasteiger partial charge in [0.2, 0.25) is 5.75 Å². The molecule has 0 fully saturated rings. The van der Waals surface area contributed by atoms with Gasteiger partial charge in [0.15, 0.2) is 28.8 Å². The average Bonchev–Trinajstić information content (AvgIpc) is 2.90. The Morgan fingerprint density at radius 1 is 0.706 bits per heavy atom. The highest BCUT2D eigenvalue weighted by molar-refractivity contribution is 6.10. The number of hydrogen-bond donors (Lipinski definition) is 2. The predicted octanol–water partition coefficient (Wildman–Crippen LogP) is 3.65. The smallest absolute Gasteiger partial charge is 0.274 e. The fourth-order valence-corrected chi connectivity index (χ4v) is 3.29. The van der Waals surface area contributed by atoms with Crippen molar-refractivity contribution >= 4 is 11.7 Å². The molecule has 3 aromatic rings. The summed E-state index contributed by atoms with van der Waals surface area (Å²) in [5, 5.41) is 8.72. The first-order valence-electron chi connectivity index (χ1n) is 10.1. The minimum absolute atomic E-state index is 0.166. The largest absolute Gasteiger partial charge is 0.493 e. The van der Waals surface area contributed by atoms with Crippen LogP contribution in [0.2, 0.25) is 0 Å². The molecule has 0 radical (unpaired) electrons. The van der Waals surface area contributed by atoms with E-state index >= 15 is 0 Å². The minimum atomic E-state index is -0.604. The molecule has 1 amide bonds. The summed E-state index contributed by atoms with van der Waals surface area (Å²) in [6.45, 7) is 0.166. The number of hydrogen-bond acceptors (Lipinski definition) is 8. The number of ether oxygens (including phenoxy) is 5. The molecule has 9 nitrogen and oxygen atoms in total. The highest BCUT2D eigenvalue weighted by Gasteiger charge is 2.19. The van der Waals surface area contributed by atoms with Gasteiger partial charge in [0.1, 0.15) is 6.61 Å². The zero-order valence-electron chi connectivity index (χ0n) is 19.2. The Morgan fingerprint density at radius 2 is 1.26 bits per heavy atom. The maximum atomic E-state index is 13.2. The molecule has 178 valence electrons. The monoisotopic (exact) mass is 467 g/mol. The Morgan fingerprint density at radius 3 is 1.79 bits per heavy atom. The van der Waals surface area contributed by atoms with Gasteiger partial charge in [0.25, 0.3) is 5.91 Å². The van der Waals surface area contributed by atoms with E-state index in [0.717, 1.165) is 5.56 Å². The molecule has 0 aromatic heterocycles. The lowest BCUT2D eigenvalue weighted by atomic mass is 10.0. The Hall–Kier alpha value is -4.24. The molecular weight excluding hydrogens is 442 g/mol. The third-order valence-electron chi connectivity index (χ3n) is 5.06. The van der Waals surface area contributed by atoms with E-state index in [-0.39, 0.29) is 12.4 Å². The van der Waals surface area contributed by atoms with Crippen molar-refractivity contribution in [1.82, 2.24) is 5.48 Å². The molecule has 0 saturated carbocycles. The average molecular weight is 467 g/mol. The predicted molar refractivity (Wildman–Crippen MR) is 123 cm³/mol. The standard InChI is InChI=1S/C25H25NO8/c1-30-19-10-9-17(23(27)18-12-21(31-2)24(33-4)22(13-18)32-3)11-20(19)34-14-15-5-7-16(8-6-15)25(28)26-29/h5-13,29H,14H2,1-4H3,(H,26,28). The van der Waals surface area contributed by atoms with Gasteiger partial charge in [-0.05, 0) is 48.0 Å². The molecule has 0 aliphatic heterocycles. The minimum Gasteiger partial charge on any atom is -0.493 e. The third-order valence-corrected chi connectivity index (χ3v) is 5.06. The summed E-state index contributed by atoms with van der Waals surface area (Å²) in [6.07, 6.45) is 0. The van der Waals surface area contributed by atoms with E-state index in [1.54, 1.807) is 60.1 Å². The van der Waals surface area contributed by atoms with E-state index in [1.807, 2.05) is 0 Å². The third kappa shape index (κ3) is 5.21. The van der Waals surface area contributed by atoms with Crippen molar-refractivity contribution in [2.45, 2.75) is 6.61 Å². The highest BCUT2D eigenvalue weighted by atomic mass is 16.5. The summed E-state index contributed by atoms with van der Waals surface area (Å²) in [7, 11) is 5.95. The first kappa shape index (κ1) is 24.4. The zero-order chi connectivity index (χ0) is 24.7. The lowest BCUT2D eigenvalue weighted by Gasteiger charge is -2.15. The Balaban J connectivity index is 1.86. The van der Waals surface area contributed by atoms with Gasteiger partial charge in [-0.25, -0.2) is 5.48 Å². The number of ketones is 1. The van der Waals surface area contributed by atoms with Crippen LogP contribution in [-0.4, -0.2) is 45.3 Å². The van der Waals surface area contributed by atoms with Crippen molar-refractivity contribution in [3.63, 3.8) is 0 Å². The van der Waals surface area contributed by atoms with E-state index < -0.39 is 5.91 Å². The fraction of sp³-hybridized carbons (Fsp3) is 0.200. The number of amides is 1. The summed E-state index contributed by atoms with van der Waals surface area (Å²) in [6, 6.07) is 14.6. The summed E-state index contributed by atoms with van der Waals surface area (Å²) >= 11 is 0. The maximum Gasteiger partial charge on any atom is 0.274 e. The van der Waals surface area contributed by atoms with Crippen molar-refractivity contribution < 1.29 is 38.5 Å². The Labute approximate surface area is 196 Å². The number of methoxy groups -OCH3 is 4. The summed E-state index contributed by atoms with van der Waals surface area (Å²) < 4.78 is 27.3. The van der Waals surface area contributed by atoms with Gasteiger partial charge in [0.05, 0.1) is 28.4 Å². The number of carbonyl (C=O) groups excluding carboxylic acids is 2.